The van der Waals surface area contributed by atoms with Crippen molar-refractivity contribution in [3.8, 4) is 0 Å². The van der Waals surface area contributed by atoms with Gasteiger partial charge in [0.25, 0.3) is 5.90 Å². The van der Waals surface area contributed by atoms with Crippen molar-refractivity contribution in [2.75, 3.05) is 25.7 Å². The third kappa shape index (κ3) is 6.58. The SMILES string of the molecule is COC(C)(C)CNc1cc(C(C)(C)C)c2nc(C(=NN)OCNC3CC(C(F)F)C3)cc(C)c2c1. The molecule has 1 aliphatic carbocycles. The lowest BCUT2D eigenvalue weighted by atomic mass is 9.81. The smallest absolute Gasteiger partial charge is 0.257 e. The molecule has 0 unspecified atom stereocenters. The number of fused-ring (bicyclic) bond motifs is 1. The van der Waals surface area contributed by atoms with Crippen LogP contribution < -0.4 is 16.5 Å². The van der Waals surface area contributed by atoms with Crippen molar-refractivity contribution in [3.63, 3.8) is 0 Å². The number of hydrogen-bond donors (Lipinski definition) is 3. The standard InChI is InChI=1S/C26H39F2N5O2/c1-15-8-21(24(33-29)35-14-31-17-9-16(10-17)23(27)28)32-22-19(15)11-18(12-20(22)25(2,3)4)30-13-26(5,6)34-7/h8,11-12,16-17,23,30-31H,9-10,13-14,29H2,1-7H3. The molecule has 35 heavy (non-hydrogen) atoms. The predicted octanol–water partition coefficient (Wildman–Crippen LogP) is 4.91. The maximum absolute atomic E-state index is 12.7. The Hall–Kier alpha value is -2.52. The number of hydrogen-bond acceptors (Lipinski definition) is 7. The lowest BCUT2D eigenvalue weighted by Gasteiger charge is -2.35. The number of hydrazone groups is 1. The number of nitrogens with one attached hydrogen (secondary N) is 2. The minimum atomic E-state index is -2.26. The van der Waals surface area contributed by atoms with Crippen LogP contribution in [0.2, 0.25) is 0 Å². The van der Waals surface area contributed by atoms with E-state index in [0.29, 0.717) is 25.1 Å². The van der Waals surface area contributed by atoms with Gasteiger partial charge in [0.1, 0.15) is 12.4 Å². The molecule has 9 heteroatoms. The second-order valence-electron chi connectivity index (χ2n) is 11.0. The minimum Gasteiger partial charge on any atom is -0.459 e. The Morgan fingerprint density at radius 2 is 1.89 bits per heavy atom. The number of benzene rings is 1. The summed E-state index contributed by atoms with van der Waals surface area (Å²) in [6.45, 7) is 13.3. The van der Waals surface area contributed by atoms with Gasteiger partial charge < -0.3 is 20.6 Å². The average Bonchev–Trinajstić information content (AvgIpc) is 2.75. The molecule has 7 nitrogen and oxygen atoms in total. The Balaban J connectivity index is 1.84. The Morgan fingerprint density at radius 1 is 1.20 bits per heavy atom. The molecule has 194 valence electrons. The number of rotatable bonds is 9. The molecule has 1 fully saturated rings. The van der Waals surface area contributed by atoms with Gasteiger partial charge >= 0.3 is 0 Å². The van der Waals surface area contributed by atoms with Gasteiger partial charge in [0.2, 0.25) is 6.43 Å². The van der Waals surface area contributed by atoms with E-state index in [9.17, 15) is 8.78 Å². The molecule has 0 amide bonds. The summed E-state index contributed by atoms with van der Waals surface area (Å²) in [4.78, 5) is 4.89. The first-order valence-corrected chi connectivity index (χ1v) is 12.0. The van der Waals surface area contributed by atoms with Crippen LogP contribution in [0.25, 0.3) is 10.9 Å². The number of nitrogens with zero attached hydrogens (tertiary/aromatic N) is 2. The highest BCUT2D eigenvalue weighted by Crippen LogP contribution is 2.34. The van der Waals surface area contributed by atoms with Gasteiger partial charge in [-0.3, -0.25) is 5.32 Å². The van der Waals surface area contributed by atoms with Crippen molar-refractivity contribution < 1.29 is 18.3 Å². The van der Waals surface area contributed by atoms with Crippen LogP contribution in [0.3, 0.4) is 0 Å². The maximum Gasteiger partial charge on any atom is 0.257 e. The summed E-state index contributed by atoms with van der Waals surface area (Å²) in [6.07, 6.45) is -1.38. The van der Waals surface area contributed by atoms with E-state index in [2.05, 4.69) is 48.6 Å². The molecule has 0 saturated heterocycles. The first-order valence-electron chi connectivity index (χ1n) is 12.0. The van der Waals surface area contributed by atoms with Crippen LogP contribution >= 0.6 is 0 Å². The van der Waals surface area contributed by atoms with Gasteiger partial charge in [-0.25, -0.2) is 13.8 Å². The quantitative estimate of drug-likeness (QED) is 0.152. The molecule has 1 aliphatic rings. The van der Waals surface area contributed by atoms with Crippen molar-refractivity contribution in [2.45, 2.75) is 77.9 Å². The van der Waals surface area contributed by atoms with Gasteiger partial charge in [-0.05, 0) is 68.4 Å². The number of pyridine rings is 1. The Morgan fingerprint density at radius 3 is 2.46 bits per heavy atom. The third-order valence-corrected chi connectivity index (χ3v) is 6.65. The zero-order valence-corrected chi connectivity index (χ0v) is 21.8. The number of anilines is 1. The van der Waals surface area contributed by atoms with Gasteiger partial charge in [0.05, 0.1) is 11.1 Å². The third-order valence-electron chi connectivity index (χ3n) is 6.65. The van der Waals surface area contributed by atoms with Crippen LogP contribution in [0.4, 0.5) is 14.5 Å². The summed E-state index contributed by atoms with van der Waals surface area (Å²) in [5.74, 6) is 5.31. The van der Waals surface area contributed by atoms with Crippen LogP contribution in [-0.2, 0) is 14.9 Å². The van der Waals surface area contributed by atoms with Gasteiger partial charge in [0, 0.05) is 36.7 Å². The van der Waals surface area contributed by atoms with E-state index in [1.54, 1.807) is 7.11 Å². The molecule has 0 atom stereocenters. The Bertz CT molecular complexity index is 1060. The van der Waals surface area contributed by atoms with Crippen LogP contribution in [0.5, 0.6) is 0 Å². The topological polar surface area (TPSA) is 93.8 Å². The van der Waals surface area contributed by atoms with Crippen molar-refractivity contribution in [2.24, 2.45) is 16.9 Å². The van der Waals surface area contributed by atoms with Crippen LogP contribution in [-0.4, -0.2) is 49.3 Å². The largest absolute Gasteiger partial charge is 0.459 e. The van der Waals surface area contributed by atoms with E-state index >= 15 is 0 Å². The fourth-order valence-corrected chi connectivity index (χ4v) is 4.10. The van der Waals surface area contributed by atoms with Crippen molar-refractivity contribution in [1.29, 1.82) is 0 Å². The summed E-state index contributed by atoms with van der Waals surface area (Å²) in [6, 6.07) is 6.14. The van der Waals surface area contributed by atoms with E-state index in [-0.39, 0.29) is 29.7 Å². The average molecular weight is 492 g/mol. The summed E-state index contributed by atoms with van der Waals surface area (Å²) in [5.41, 5.74) is 4.03. The number of aromatic nitrogens is 1. The van der Waals surface area contributed by atoms with E-state index in [1.165, 1.54) is 0 Å². The second kappa shape index (κ2) is 10.6. The molecule has 3 rings (SSSR count). The van der Waals surface area contributed by atoms with Crippen LogP contribution in [0.15, 0.2) is 23.3 Å². The first-order chi connectivity index (χ1) is 16.3. The van der Waals surface area contributed by atoms with E-state index in [0.717, 1.165) is 27.7 Å². The molecule has 1 aromatic carbocycles. The minimum absolute atomic E-state index is 0.0147. The van der Waals surface area contributed by atoms with Crippen molar-refractivity contribution in [1.82, 2.24) is 10.3 Å². The van der Waals surface area contributed by atoms with Gasteiger partial charge in [-0.1, -0.05) is 20.8 Å². The number of aryl methyl sites for hydroxylation is 1. The number of halogens is 2. The second-order valence-corrected chi connectivity index (χ2v) is 11.0. The summed E-state index contributed by atoms with van der Waals surface area (Å²) in [5, 5.41) is 11.5. The molecular formula is C26H39F2N5O2. The van der Waals surface area contributed by atoms with Crippen molar-refractivity contribution in [3.05, 3.63) is 35.0 Å². The van der Waals surface area contributed by atoms with Crippen molar-refractivity contribution >= 4 is 22.5 Å². The maximum atomic E-state index is 12.7. The molecule has 0 radical (unpaired) electrons. The summed E-state index contributed by atoms with van der Waals surface area (Å²) in [7, 11) is 1.71. The van der Waals surface area contributed by atoms with E-state index in [1.807, 2.05) is 26.8 Å². The Labute approximate surface area is 206 Å². The zero-order chi connectivity index (χ0) is 26.0. The predicted molar refractivity (Wildman–Crippen MR) is 137 cm³/mol. The fourth-order valence-electron chi connectivity index (χ4n) is 4.10. The Kier molecular flexibility index (Phi) is 8.21. The molecule has 1 heterocycles. The number of nitrogens with two attached hydrogens (primary N) is 1. The molecular weight excluding hydrogens is 452 g/mol. The van der Waals surface area contributed by atoms with Gasteiger partial charge in [-0.15, -0.1) is 5.10 Å². The molecule has 4 N–H and O–H groups in total. The van der Waals surface area contributed by atoms with E-state index < -0.39 is 12.3 Å². The lowest BCUT2D eigenvalue weighted by Crippen LogP contribution is -2.44. The lowest BCUT2D eigenvalue weighted by molar-refractivity contribution is 0.0110. The molecule has 2 aromatic rings. The van der Waals surface area contributed by atoms with Gasteiger partial charge in [-0.2, -0.15) is 0 Å². The zero-order valence-electron chi connectivity index (χ0n) is 21.8. The highest BCUT2D eigenvalue weighted by atomic mass is 19.3. The summed E-state index contributed by atoms with van der Waals surface area (Å²) < 4.78 is 36.7. The molecule has 1 saturated carbocycles. The van der Waals surface area contributed by atoms with Crippen LogP contribution in [0, 0.1) is 12.8 Å². The first kappa shape index (κ1) is 27.1. The summed E-state index contributed by atoms with van der Waals surface area (Å²) >= 11 is 0. The van der Waals surface area contributed by atoms with Gasteiger partial charge in [0.15, 0.2) is 0 Å². The van der Waals surface area contributed by atoms with Crippen LogP contribution in [0.1, 0.15) is 64.3 Å². The monoisotopic (exact) mass is 491 g/mol. The highest BCUT2D eigenvalue weighted by Gasteiger charge is 2.35. The number of methoxy groups -OCH3 is 1. The van der Waals surface area contributed by atoms with E-state index in [4.69, 9.17) is 20.3 Å². The molecule has 0 aliphatic heterocycles. The normalized spacial score (nSPS) is 19.2. The molecule has 0 bridgehead atoms. The number of ether oxygens (including phenoxy) is 2. The fraction of sp³-hybridized carbons (Fsp3) is 0.615. The highest BCUT2D eigenvalue weighted by molar-refractivity contribution is 5.97. The molecule has 0 spiro atoms. The molecule has 1 aromatic heterocycles. The number of alkyl halides is 2.